The van der Waals surface area contributed by atoms with E-state index in [1.807, 2.05) is 19.2 Å². The van der Waals surface area contributed by atoms with E-state index in [2.05, 4.69) is 25.4 Å². The van der Waals surface area contributed by atoms with E-state index in [1.54, 1.807) is 0 Å². The summed E-state index contributed by atoms with van der Waals surface area (Å²) in [5, 5.41) is 0. The lowest BCUT2D eigenvalue weighted by Gasteiger charge is -1.99. The van der Waals surface area contributed by atoms with Gasteiger partial charge in [-0.2, -0.15) is 0 Å². The average Bonchev–Trinajstić information content (AvgIpc) is 2.05. The number of allylic oxidation sites excluding steroid dienone is 3. The molecular formula is C10H17N. The fraction of sp³-hybridized carbons (Fsp3) is 0.500. The summed E-state index contributed by atoms with van der Waals surface area (Å²) in [6, 6.07) is 0. The second kappa shape index (κ2) is 5.90. The molecule has 0 N–H and O–H groups in total. The van der Waals surface area contributed by atoms with Crippen LogP contribution in [-0.2, 0) is 0 Å². The molecule has 1 nitrogen and oxygen atoms in total. The van der Waals surface area contributed by atoms with Crippen molar-refractivity contribution in [1.82, 2.24) is 0 Å². The molecule has 0 aromatic carbocycles. The second-order valence-electron chi connectivity index (χ2n) is 2.39. The van der Waals surface area contributed by atoms with Crippen LogP contribution < -0.4 is 0 Å². The Morgan fingerprint density at radius 3 is 2.45 bits per heavy atom. The molecule has 0 saturated carbocycles. The molecule has 0 spiro atoms. The monoisotopic (exact) mass is 151 g/mol. The number of hydrogen-bond donors (Lipinski definition) is 0. The van der Waals surface area contributed by atoms with Crippen LogP contribution in [0.15, 0.2) is 28.8 Å². The topological polar surface area (TPSA) is 12.4 Å². The summed E-state index contributed by atoms with van der Waals surface area (Å²) in [7, 11) is 0. The highest BCUT2D eigenvalue weighted by atomic mass is 14.7. The normalized spacial score (nSPS) is 13.4. The van der Waals surface area contributed by atoms with Gasteiger partial charge < -0.3 is 0 Å². The van der Waals surface area contributed by atoms with Crippen molar-refractivity contribution in [3.8, 4) is 0 Å². The van der Waals surface area contributed by atoms with Crippen molar-refractivity contribution in [2.24, 2.45) is 4.99 Å². The second-order valence-corrected chi connectivity index (χ2v) is 2.39. The van der Waals surface area contributed by atoms with Gasteiger partial charge in [0, 0.05) is 12.8 Å². The lowest BCUT2D eigenvalue weighted by Crippen LogP contribution is -1.87. The van der Waals surface area contributed by atoms with Gasteiger partial charge in [-0.25, -0.2) is 0 Å². The van der Waals surface area contributed by atoms with Crippen molar-refractivity contribution in [2.45, 2.75) is 27.2 Å². The van der Waals surface area contributed by atoms with Gasteiger partial charge in [-0.1, -0.05) is 19.6 Å². The smallest absolute Gasteiger partial charge is 0.0361 e. The molecule has 0 aromatic rings. The van der Waals surface area contributed by atoms with E-state index in [0.29, 0.717) is 0 Å². The van der Waals surface area contributed by atoms with Crippen molar-refractivity contribution in [3.05, 3.63) is 23.8 Å². The minimum Gasteiger partial charge on any atom is -0.293 e. The summed E-state index contributed by atoms with van der Waals surface area (Å²) in [6.45, 7) is 10.8. The molecule has 1 heteroatoms. The van der Waals surface area contributed by atoms with E-state index in [4.69, 9.17) is 0 Å². The first kappa shape index (κ1) is 10.2. The van der Waals surface area contributed by atoms with Gasteiger partial charge in [-0.05, 0) is 31.4 Å². The lowest BCUT2D eigenvalue weighted by atomic mass is 10.1. The third kappa shape index (κ3) is 3.76. The van der Waals surface area contributed by atoms with Crippen molar-refractivity contribution < 1.29 is 0 Å². The maximum absolute atomic E-state index is 4.18. The van der Waals surface area contributed by atoms with Gasteiger partial charge in [-0.15, -0.1) is 0 Å². The van der Waals surface area contributed by atoms with Gasteiger partial charge >= 0.3 is 0 Å². The van der Waals surface area contributed by atoms with Gasteiger partial charge in [0.25, 0.3) is 0 Å². The van der Waals surface area contributed by atoms with Gasteiger partial charge in [0.15, 0.2) is 0 Å². The third-order valence-corrected chi connectivity index (χ3v) is 1.62. The predicted molar refractivity (Wildman–Crippen MR) is 52.2 cm³/mol. The zero-order valence-corrected chi connectivity index (χ0v) is 7.72. The van der Waals surface area contributed by atoms with Crippen LogP contribution in [0.2, 0.25) is 0 Å². The molecule has 0 rings (SSSR count). The fourth-order valence-electron chi connectivity index (χ4n) is 0.805. The SMILES string of the molecule is C=C/C(C)=C(\C=NCC)CC. The Morgan fingerprint density at radius 2 is 2.09 bits per heavy atom. The maximum Gasteiger partial charge on any atom is 0.0361 e. The molecular weight excluding hydrogens is 134 g/mol. The van der Waals surface area contributed by atoms with Crippen molar-refractivity contribution in [3.63, 3.8) is 0 Å². The molecule has 0 aromatic heterocycles. The predicted octanol–water partition coefficient (Wildman–Crippen LogP) is 2.99. The van der Waals surface area contributed by atoms with Crippen LogP contribution in [0.5, 0.6) is 0 Å². The maximum atomic E-state index is 4.18. The molecule has 11 heavy (non-hydrogen) atoms. The Kier molecular flexibility index (Phi) is 5.44. The van der Waals surface area contributed by atoms with E-state index >= 15 is 0 Å². The summed E-state index contributed by atoms with van der Waals surface area (Å²) >= 11 is 0. The molecule has 0 aliphatic heterocycles. The molecule has 62 valence electrons. The molecule has 0 saturated heterocycles. The van der Waals surface area contributed by atoms with Gasteiger partial charge in [-0.3, -0.25) is 4.99 Å². The van der Waals surface area contributed by atoms with E-state index < -0.39 is 0 Å². The number of hydrogen-bond acceptors (Lipinski definition) is 1. The first-order valence-electron chi connectivity index (χ1n) is 4.08. The molecule has 0 radical (unpaired) electrons. The van der Waals surface area contributed by atoms with Crippen LogP contribution in [0.25, 0.3) is 0 Å². The molecule has 0 aliphatic carbocycles. The van der Waals surface area contributed by atoms with E-state index in [1.165, 1.54) is 11.1 Å². The molecule has 0 unspecified atom stereocenters. The van der Waals surface area contributed by atoms with Crippen LogP contribution in [0, 0.1) is 0 Å². The highest BCUT2D eigenvalue weighted by molar-refractivity contribution is 5.80. The standard InChI is InChI=1S/C10H17N/c1-5-9(4)10(6-2)8-11-7-3/h5,8H,1,6-7H2,2-4H3/b10-9-,11-8?. The zero-order valence-electron chi connectivity index (χ0n) is 7.72. The summed E-state index contributed by atoms with van der Waals surface area (Å²) in [4.78, 5) is 4.18. The highest BCUT2D eigenvalue weighted by Crippen LogP contribution is 2.06. The van der Waals surface area contributed by atoms with Crippen molar-refractivity contribution in [2.75, 3.05) is 6.54 Å². The van der Waals surface area contributed by atoms with Gasteiger partial charge in [0.2, 0.25) is 0 Å². The first-order valence-corrected chi connectivity index (χ1v) is 4.08. The summed E-state index contributed by atoms with van der Waals surface area (Å²) in [5.41, 5.74) is 2.51. The molecule has 0 aliphatic rings. The lowest BCUT2D eigenvalue weighted by molar-refractivity contribution is 1.11. The molecule has 0 amide bonds. The van der Waals surface area contributed by atoms with Crippen LogP contribution >= 0.6 is 0 Å². The number of aliphatic imine (C=N–C) groups is 1. The van der Waals surface area contributed by atoms with Crippen LogP contribution in [0.4, 0.5) is 0 Å². The first-order chi connectivity index (χ1) is 5.26. The Bertz CT molecular complexity index is 175. The van der Waals surface area contributed by atoms with Crippen molar-refractivity contribution in [1.29, 1.82) is 0 Å². The average molecular weight is 151 g/mol. The molecule has 0 heterocycles. The summed E-state index contributed by atoms with van der Waals surface area (Å²) in [6.07, 6.45) is 4.85. The number of rotatable bonds is 4. The third-order valence-electron chi connectivity index (χ3n) is 1.62. The van der Waals surface area contributed by atoms with Crippen LogP contribution in [-0.4, -0.2) is 12.8 Å². The minimum absolute atomic E-state index is 0.855. The molecule has 0 bridgehead atoms. The highest BCUT2D eigenvalue weighted by Gasteiger charge is 1.91. The van der Waals surface area contributed by atoms with Crippen molar-refractivity contribution >= 4 is 6.21 Å². The quantitative estimate of drug-likeness (QED) is 0.432. The van der Waals surface area contributed by atoms with Gasteiger partial charge in [0.05, 0.1) is 0 Å². The Hall–Kier alpha value is -0.850. The number of nitrogens with zero attached hydrogens (tertiary/aromatic N) is 1. The van der Waals surface area contributed by atoms with E-state index in [-0.39, 0.29) is 0 Å². The summed E-state index contributed by atoms with van der Waals surface area (Å²) < 4.78 is 0. The zero-order chi connectivity index (χ0) is 8.69. The Balaban J connectivity index is 4.38. The fourth-order valence-corrected chi connectivity index (χ4v) is 0.805. The van der Waals surface area contributed by atoms with Crippen LogP contribution in [0.1, 0.15) is 27.2 Å². The Labute approximate surface area is 69.5 Å². The molecule has 0 atom stereocenters. The van der Waals surface area contributed by atoms with Crippen LogP contribution in [0.3, 0.4) is 0 Å². The molecule has 0 fully saturated rings. The largest absolute Gasteiger partial charge is 0.293 e. The van der Waals surface area contributed by atoms with Gasteiger partial charge in [0.1, 0.15) is 0 Å². The Morgan fingerprint density at radius 1 is 1.45 bits per heavy atom. The minimum atomic E-state index is 0.855. The van der Waals surface area contributed by atoms with E-state index in [9.17, 15) is 0 Å². The summed E-state index contributed by atoms with van der Waals surface area (Å²) in [5.74, 6) is 0. The van der Waals surface area contributed by atoms with E-state index in [0.717, 1.165) is 13.0 Å².